The van der Waals surface area contributed by atoms with Crippen molar-refractivity contribution in [1.82, 2.24) is 0 Å². The Morgan fingerprint density at radius 1 is 1.44 bits per heavy atom. The quantitative estimate of drug-likeness (QED) is 0.599. The number of hydrogen-bond donors (Lipinski definition) is 1. The Kier molecular flexibility index (Phi) is 3.86. The highest BCUT2D eigenvalue weighted by atomic mass is 35.5. The molecule has 0 heterocycles. The summed E-state index contributed by atoms with van der Waals surface area (Å²) in [4.78, 5) is 11.0. The van der Waals surface area contributed by atoms with Crippen LogP contribution in [-0.4, -0.2) is 21.9 Å². The molecular weight excluding hydrogens is 224 g/mol. The molecule has 0 spiro atoms. The lowest BCUT2D eigenvalue weighted by Gasteiger charge is -2.49. The van der Waals surface area contributed by atoms with Crippen molar-refractivity contribution in [1.29, 1.82) is 0 Å². The molecule has 1 saturated carbocycles. The molecule has 3 atom stereocenters. The molecule has 1 aliphatic rings. The van der Waals surface area contributed by atoms with Crippen LogP contribution in [0.3, 0.4) is 0 Å². The molecule has 0 amide bonds. The fraction of sp³-hybridized carbons (Fsp3) is 0.769. The Morgan fingerprint density at radius 2 is 2.00 bits per heavy atom. The molecule has 0 aromatic rings. The van der Waals surface area contributed by atoms with Crippen molar-refractivity contribution in [2.45, 2.75) is 51.5 Å². The van der Waals surface area contributed by atoms with Crippen LogP contribution in [-0.2, 0) is 4.79 Å². The van der Waals surface area contributed by atoms with E-state index in [1.54, 1.807) is 6.92 Å². The summed E-state index contributed by atoms with van der Waals surface area (Å²) in [6.45, 7) is 7.50. The van der Waals surface area contributed by atoms with Crippen LogP contribution < -0.4 is 0 Å². The predicted molar refractivity (Wildman–Crippen MR) is 66.6 cm³/mol. The number of aliphatic hydroxyl groups is 1. The second-order valence-electron chi connectivity index (χ2n) is 5.67. The second-order valence-corrected chi connectivity index (χ2v) is 6.19. The van der Waals surface area contributed by atoms with E-state index in [0.29, 0.717) is 0 Å². The highest BCUT2D eigenvalue weighted by molar-refractivity contribution is 6.21. The summed E-state index contributed by atoms with van der Waals surface area (Å²) in [6.07, 6.45) is 5.13. The molecule has 0 bridgehead atoms. The molecule has 0 saturated heterocycles. The van der Waals surface area contributed by atoms with Gasteiger partial charge in [-0.25, -0.2) is 0 Å². The number of ketones is 1. The fourth-order valence-electron chi connectivity index (χ4n) is 2.62. The summed E-state index contributed by atoms with van der Waals surface area (Å²) >= 11 is 6.18. The minimum absolute atomic E-state index is 0.00305. The Morgan fingerprint density at radius 3 is 2.50 bits per heavy atom. The summed E-state index contributed by atoms with van der Waals surface area (Å²) in [5.41, 5.74) is -0.976. The van der Waals surface area contributed by atoms with E-state index in [2.05, 4.69) is 13.8 Å². The van der Waals surface area contributed by atoms with Crippen LogP contribution >= 0.6 is 11.6 Å². The van der Waals surface area contributed by atoms with E-state index in [1.807, 2.05) is 6.08 Å². The van der Waals surface area contributed by atoms with Gasteiger partial charge in [0.1, 0.15) is 0 Å². The van der Waals surface area contributed by atoms with Crippen molar-refractivity contribution in [3.05, 3.63) is 12.2 Å². The van der Waals surface area contributed by atoms with E-state index >= 15 is 0 Å². The number of carbonyl (C=O) groups excluding carboxylic acids is 1. The molecule has 1 aliphatic carbocycles. The standard InChI is InChI=1S/C13H21ClO2/c1-9(15)5-6-10-12(2,3)8-7-11(14)13(10,4)16/h5-6,10-11,16H,7-8H2,1-4H3/b6-5+/t10-,11-,13-/m1/s1. The molecule has 1 N–H and O–H groups in total. The van der Waals surface area contributed by atoms with Gasteiger partial charge in [0, 0.05) is 5.92 Å². The molecule has 0 unspecified atom stereocenters. The van der Waals surface area contributed by atoms with E-state index in [1.165, 1.54) is 13.0 Å². The first-order valence-electron chi connectivity index (χ1n) is 5.73. The lowest BCUT2D eigenvalue weighted by atomic mass is 9.61. The van der Waals surface area contributed by atoms with Gasteiger partial charge in [-0.2, -0.15) is 0 Å². The maximum atomic E-state index is 11.0. The monoisotopic (exact) mass is 244 g/mol. The molecule has 16 heavy (non-hydrogen) atoms. The summed E-state index contributed by atoms with van der Waals surface area (Å²) in [5, 5.41) is 10.2. The highest BCUT2D eigenvalue weighted by Crippen LogP contribution is 2.48. The minimum Gasteiger partial charge on any atom is -0.388 e. The van der Waals surface area contributed by atoms with Gasteiger partial charge in [-0.05, 0) is 38.2 Å². The van der Waals surface area contributed by atoms with Gasteiger partial charge >= 0.3 is 0 Å². The van der Waals surface area contributed by atoms with Crippen LogP contribution in [0.1, 0.15) is 40.5 Å². The number of carbonyl (C=O) groups is 1. The average Bonchev–Trinajstić information content (AvgIpc) is 2.11. The average molecular weight is 245 g/mol. The van der Waals surface area contributed by atoms with Crippen LogP contribution in [0.25, 0.3) is 0 Å². The normalized spacial score (nSPS) is 38.9. The van der Waals surface area contributed by atoms with Crippen LogP contribution in [0.2, 0.25) is 0 Å². The largest absolute Gasteiger partial charge is 0.388 e. The third kappa shape index (κ3) is 2.67. The number of alkyl halides is 1. The smallest absolute Gasteiger partial charge is 0.152 e. The van der Waals surface area contributed by atoms with Gasteiger partial charge < -0.3 is 5.11 Å². The van der Waals surface area contributed by atoms with Gasteiger partial charge in [0.25, 0.3) is 0 Å². The topological polar surface area (TPSA) is 37.3 Å². The fourth-order valence-corrected chi connectivity index (χ4v) is 2.86. The van der Waals surface area contributed by atoms with Crippen molar-refractivity contribution in [3.8, 4) is 0 Å². The zero-order valence-corrected chi connectivity index (χ0v) is 11.2. The van der Waals surface area contributed by atoms with E-state index in [0.717, 1.165) is 12.8 Å². The molecule has 1 rings (SSSR count). The van der Waals surface area contributed by atoms with E-state index in [-0.39, 0.29) is 22.5 Å². The second kappa shape index (κ2) is 4.50. The summed E-state index contributed by atoms with van der Waals surface area (Å²) in [5.74, 6) is -0.0801. The van der Waals surface area contributed by atoms with Gasteiger partial charge in [0.15, 0.2) is 5.78 Å². The predicted octanol–water partition coefficient (Wildman–Crippen LogP) is 2.93. The third-order valence-corrected chi connectivity index (χ3v) is 4.33. The Labute approximate surface area is 103 Å². The maximum absolute atomic E-state index is 11.0. The van der Waals surface area contributed by atoms with Gasteiger partial charge in [-0.15, -0.1) is 11.6 Å². The van der Waals surface area contributed by atoms with Crippen LogP contribution in [0.4, 0.5) is 0 Å². The number of rotatable bonds is 2. The first-order chi connectivity index (χ1) is 7.18. The van der Waals surface area contributed by atoms with Crippen LogP contribution in [0.5, 0.6) is 0 Å². The van der Waals surface area contributed by atoms with Crippen molar-refractivity contribution >= 4 is 17.4 Å². The minimum atomic E-state index is -0.949. The molecule has 0 aliphatic heterocycles. The van der Waals surface area contributed by atoms with E-state index in [4.69, 9.17) is 11.6 Å². The highest BCUT2D eigenvalue weighted by Gasteiger charge is 2.49. The molecule has 0 radical (unpaired) electrons. The van der Waals surface area contributed by atoms with E-state index in [9.17, 15) is 9.90 Å². The molecule has 0 aromatic carbocycles. The number of allylic oxidation sites excluding steroid dienone is 1. The van der Waals surface area contributed by atoms with Gasteiger partial charge in [0.2, 0.25) is 0 Å². The molecular formula is C13H21ClO2. The van der Waals surface area contributed by atoms with Gasteiger partial charge in [-0.3, -0.25) is 4.79 Å². The summed E-state index contributed by atoms with van der Waals surface area (Å²) in [7, 11) is 0. The zero-order chi connectivity index (χ0) is 12.6. The van der Waals surface area contributed by atoms with Crippen molar-refractivity contribution in [2.24, 2.45) is 11.3 Å². The van der Waals surface area contributed by atoms with Gasteiger partial charge in [0.05, 0.1) is 11.0 Å². The van der Waals surface area contributed by atoms with Crippen molar-refractivity contribution in [3.63, 3.8) is 0 Å². The summed E-state index contributed by atoms with van der Waals surface area (Å²) in [6, 6.07) is 0. The lowest BCUT2D eigenvalue weighted by Crippen LogP contribution is -2.52. The van der Waals surface area contributed by atoms with Crippen LogP contribution in [0, 0.1) is 11.3 Å². The molecule has 2 nitrogen and oxygen atoms in total. The first kappa shape index (κ1) is 13.7. The maximum Gasteiger partial charge on any atom is 0.152 e. The lowest BCUT2D eigenvalue weighted by molar-refractivity contribution is -0.112. The Balaban J connectivity index is 3.01. The Hall–Kier alpha value is -0.340. The van der Waals surface area contributed by atoms with Crippen molar-refractivity contribution < 1.29 is 9.90 Å². The SMILES string of the molecule is CC(=O)/C=C/[C@@H]1C(C)(C)CC[C@@H](Cl)[C@]1(C)O. The molecule has 0 aromatic heterocycles. The first-order valence-corrected chi connectivity index (χ1v) is 6.17. The third-order valence-electron chi connectivity index (χ3n) is 3.67. The zero-order valence-electron chi connectivity index (χ0n) is 10.5. The molecule has 1 fully saturated rings. The van der Waals surface area contributed by atoms with Gasteiger partial charge in [-0.1, -0.05) is 19.9 Å². The Bertz CT molecular complexity index is 305. The molecule has 92 valence electrons. The summed E-state index contributed by atoms with van der Waals surface area (Å²) < 4.78 is 0. The molecule has 3 heteroatoms. The number of halogens is 1. The van der Waals surface area contributed by atoms with E-state index < -0.39 is 5.60 Å². The number of hydrogen-bond acceptors (Lipinski definition) is 2. The van der Waals surface area contributed by atoms with Crippen LogP contribution in [0.15, 0.2) is 12.2 Å². The van der Waals surface area contributed by atoms with Crippen molar-refractivity contribution in [2.75, 3.05) is 0 Å².